The summed E-state index contributed by atoms with van der Waals surface area (Å²) >= 11 is 0. The quantitative estimate of drug-likeness (QED) is 0.769. The molecular formula is C10H17N3O2. The first-order chi connectivity index (χ1) is 7.15. The zero-order valence-corrected chi connectivity index (χ0v) is 9.33. The lowest BCUT2D eigenvalue weighted by Crippen LogP contribution is -2.15. The van der Waals surface area contributed by atoms with Gasteiger partial charge in [0.2, 0.25) is 5.75 Å². The van der Waals surface area contributed by atoms with E-state index in [1.807, 2.05) is 0 Å². The molecule has 0 aliphatic carbocycles. The topological polar surface area (TPSA) is 67.0 Å². The van der Waals surface area contributed by atoms with Gasteiger partial charge in [0.05, 0.1) is 13.4 Å². The number of anilines is 1. The second-order valence-electron chi connectivity index (χ2n) is 3.72. The molecule has 2 N–H and O–H groups in total. The van der Waals surface area contributed by atoms with E-state index in [0.717, 1.165) is 13.0 Å². The van der Waals surface area contributed by atoms with Crippen molar-refractivity contribution in [2.75, 3.05) is 19.0 Å². The molecule has 0 aliphatic heterocycles. The summed E-state index contributed by atoms with van der Waals surface area (Å²) in [6.07, 6.45) is 2.39. The maximum atomic E-state index is 11.3. The normalized spacial score (nSPS) is 10.4. The highest BCUT2D eigenvalue weighted by Crippen LogP contribution is 2.14. The zero-order chi connectivity index (χ0) is 11.3. The van der Waals surface area contributed by atoms with Crippen LogP contribution in [-0.4, -0.2) is 23.6 Å². The molecule has 5 heteroatoms. The van der Waals surface area contributed by atoms with Gasteiger partial charge in [0, 0.05) is 6.54 Å². The minimum Gasteiger partial charge on any atom is -0.489 e. The molecule has 0 amide bonds. The van der Waals surface area contributed by atoms with Crippen LogP contribution in [0.1, 0.15) is 20.3 Å². The number of nitrogens with zero attached hydrogens (tertiary/aromatic N) is 1. The monoisotopic (exact) mass is 211 g/mol. The van der Waals surface area contributed by atoms with Crippen LogP contribution in [0.2, 0.25) is 0 Å². The van der Waals surface area contributed by atoms with Gasteiger partial charge in [-0.15, -0.1) is 0 Å². The molecule has 0 unspecified atom stereocenters. The van der Waals surface area contributed by atoms with Crippen molar-refractivity contribution in [1.29, 1.82) is 0 Å². The summed E-state index contributed by atoms with van der Waals surface area (Å²) in [5.74, 6) is 1.36. The smallest absolute Gasteiger partial charge is 0.295 e. The highest BCUT2D eigenvalue weighted by Gasteiger charge is 2.07. The van der Waals surface area contributed by atoms with Crippen LogP contribution in [0.15, 0.2) is 11.1 Å². The number of rotatable bonds is 5. The number of hydrogen-bond acceptors (Lipinski definition) is 4. The molecule has 0 fully saturated rings. The average Bonchev–Trinajstić information content (AvgIpc) is 2.17. The largest absolute Gasteiger partial charge is 0.489 e. The van der Waals surface area contributed by atoms with Crippen LogP contribution in [0.4, 0.5) is 5.82 Å². The fourth-order valence-corrected chi connectivity index (χ4v) is 1.18. The molecule has 15 heavy (non-hydrogen) atoms. The van der Waals surface area contributed by atoms with Crippen LogP contribution in [0, 0.1) is 5.92 Å². The van der Waals surface area contributed by atoms with E-state index < -0.39 is 0 Å². The fourth-order valence-electron chi connectivity index (χ4n) is 1.18. The average molecular weight is 211 g/mol. The maximum absolute atomic E-state index is 11.3. The number of aromatic amines is 1. The second-order valence-corrected chi connectivity index (χ2v) is 3.72. The Hall–Kier alpha value is -1.52. The Morgan fingerprint density at radius 3 is 2.93 bits per heavy atom. The predicted octanol–water partition coefficient (Wildman–Crippen LogP) is 1.24. The highest BCUT2D eigenvalue weighted by atomic mass is 16.5. The summed E-state index contributed by atoms with van der Waals surface area (Å²) in [6, 6.07) is 0. The summed E-state index contributed by atoms with van der Waals surface area (Å²) in [7, 11) is 1.46. The molecule has 0 aromatic carbocycles. The Morgan fingerprint density at radius 2 is 2.33 bits per heavy atom. The molecule has 1 aromatic rings. The van der Waals surface area contributed by atoms with Crippen LogP contribution in [0.5, 0.6) is 5.75 Å². The minimum absolute atomic E-state index is 0.237. The Labute approximate surface area is 88.9 Å². The van der Waals surface area contributed by atoms with Crippen LogP contribution in [0.3, 0.4) is 0 Å². The third kappa shape index (κ3) is 3.27. The number of nitrogens with one attached hydrogen (secondary N) is 2. The van der Waals surface area contributed by atoms with Crippen LogP contribution < -0.4 is 15.6 Å². The van der Waals surface area contributed by atoms with Crippen molar-refractivity contribution in [3.05, 3.63) is 16.7 Å². The van der Waals surface area contributed by atoms with Gasteiger partial charge in [-0.25, -0.2) is 4.98 Å². The van der Waals surface area contributed by atoms with Crippen molar-refractivity contribution in [2.45, 2.75) is 20.3 Å². The van der Waals surface area contributed by atoms with Crippen molar-refractivity contribution in [1.82, 2.24) is 9.97 Å². The molecule has 0 saturated carbocycles. The Morgan fingerprint density at radius 1 is 1.60 bits per heavy atom. The molecule has 0 atom stereocenters. The van der Waals surface area contributed by atoms with E-state index in [1.165, 1.54) is 13.4 Å². The Balaban J connectivity index is 2.68. The molecule has 0 saturated heterocycles. The van der Waals surface area contributed by atoms with Gasteiger partial charge < -0.3 is 15.0 Å². The van der Waals surface area contributed by atoms with Gasteiger partial charge in [-0.1, -0.05) is 13.8 Å². The van der Waals surface area contributed by atoms with Crippen molar-refractivity contribution >= 4 is 5.82 Å². The SMILES string of the molecule is COc1c(NCCC(C)C)nc[nH]c1=O. The molecule has 1 rings (SSSR count). The van der Waals surface area contributed by atoms with Crippen molar-refractivity contribution in [3.8, 4) is 5.75 Å². The third-order valence-corrected chi connectivity index (χ3v) is 2.03. The lowest BCUT2D eigenvalue weighted by Gasteiger charge is -2.09. The van der Waals surface area contributed by atoms with Crippen LogP contribution in [-0.2, 0) is 0 Å². The number of H-pyrrole nitrogens is 1. The van der Waals surface area contributed by atoms with Crippen molar-refractivity contribution < 1.29 is 4.74 Å². The molecule has 1 heterocycles. The van der Waals surface area contributed by atoms with Crippen LogP contribution in [0.25, 0.3) is 0 Å². The maximum Gasteiger partial charge on any atom is 0.295 e. The first kappa shape index (κ1) is 11.6. The molecule has 84 valence electrons. The van der Waals surface area contributed by atoms with Crippen molar-refractivity contribution in [3.63, 3.8) is 0 Å². The van der Waals surface area contributed by atoms with Gasteiger partial charge in [-0.2, -0.15) is 0 Å². The summed E-state index contributed by atoms with van der Waals surface area (Å²) in [6.45, 7) is 5.07. The predicted molar refractivity (Wildman–Crippen MR) is 59.4 cm³/mol. The number of methoxy groups -OCH3 is 1. The van der Waals surface area contributed by atoms with Gasteiger partial charge in [-0.3, -0.25) is 4.79 Å². The van der Waals surface area contributed by atoms with E-state index in [0.29, 0.717) is 11.7 Å². The molecular weight excluding hydrogens is 194 g/mol. The van der Waals surface area contributed by atoms with Crippen molar-refractivity contribution in [2.24, 2.45) is 5.92 Å². The molecule has 0 bridgehead atoms. The van der Waals surface area contributed by atoms with Crippen LogP contribution >= 0.6 is 0 Å². The van der Waals surface area contributed by atoms with E-state index in [9.17, 15) is 4.79 Å². The fraction of sp³-hybridized carbons (Fsp3) is 0.600. The summed E-state index contributed by atoms with van der Waals surface area (Å²) in [5.41, 5.74) is -0.264. The standard InChI is InChI=1S/C10H17N3O2/c1-7(2)4-5-11-9-8(15-3)10(14)13-6-12-9/h6-7H,4-5H2,1-3H3,(H2,11,12,13,14). The Bertz CT molecular complexity index is 360. The molecule has 5 nitrogen and oxygen atoms in total. The van der Waals surface area contributed by atoms with Gasteiger partial charge in [0.15, 0.2) is 5.82 Å². The first-order valence-corrected chi connectivity index (χ1v) is 5.00. The molecule has 0 aliphatic rings. The van der Waals surface area contributed by atoms with Gasteiger partial charge in [0.25, 0.3) is 5.56 Å². The number of aromatic nitrogens is 2. The van der Waals surface area contributed by atoms with E-state index in [4.69, 9.17) is 4.74 Å². The van der Waals surface area contributed by atoms with E-state index in [1.54, 1.807) is 0 Å². The number of hydrogen-bond donors (Lipinski definition) is 2. The molecule has 0 radical (unpaired) electrons. The second kappa shape index (κ2) is 5.38. The van der Waals surface area contributed by atoms with E-state index in [2.05, 4.69) is 29.1 Å². The van der Waals surface area contributed by atoms with Gasteiger partial charge in [-0.05, 0) is 12.3 Å². The zero-order valence-electron chi connectivity index (χ0n) is 9.33. The minimum atomic E-state index is -0.264. The van der Waals surface area contributed by atoms with Gasteiger partial charge in [0.1, 0.15) is 0 Å². The highest BCUT2D eigenvalue weighted by molar-refractivity contribution is 5.47. The van der Waals surface area contributed by atoms with E-state index >= 15 is 0 Å². The molecule has 1 aromatic heterocycles. The molecule has 0 spiro atoms. The Kier molecular flexibility index (Phi) is 4.15. The van der Waals surface area contributed by atoms with E-state index in [-0.39, 0.29) is 11.3 Å². The summed E-state index contributed by atoms with van der Waals surface area (Å²) in [4.78, 5) is 17.8. The lowest BCUT2D eigenvalue weighted by atomic mass is 10.1. The number of ether oxygens (including phenoxy) is 1. The van der Waals surface area contributed by atoms with Gasteiger partial charge >= 0.3 is 0 Å². The first-order valence-electron chi connectivity index (χ1n) is 5.00. The summed E-state index contributed by atoms with van der Waals surface area (Å²) in [5, 5.41) is 3.08. The summed E-state index contributed by atoms with van der Waals surface area (Å²) < 4.78 is 4.96. The third-order valence-electron chi connectivity index (χ3n) is 2.03. The lowest BCUT2D eigenvalue weighted by molar-refractivity contribution is 0.407.